The Morgan fingerprint density at radius 3 is 0.822 bits per heavy atom. The Morgan fingerprint density at radius 1 is 0.348 bits per heavy atom. The first-order valence-corrected chi connectivity index (χ1v) is 54.4. The van der Waals surface area contributed by atoms with E-state index in [1.54, 1.807) is 186 Å². The fourth-order valence-corrected chi connectivity index (χ4v) is 14.7. The standard InChI is InChI=1S/C37H51N4O9.C34H45N3O8.C28H33O9.I3/c1-23(42)41(7)50-33(43)15-14-16-40(6)26-21-31(48-12)36(32(22-26)49-13)37(34-27(44-8)17-24(38(2)3)18-28(34)45-9)35-29(46-10)19-25(39(4)5)20-30(35)47-11;1-35(2)21-15-24(40-6)31(25(16-21)41-7)34(32-26(42-8)17-22(36(3)4)18-27(32)43-9)33-28(44-10)19-23(20-29(33)45-11)37(5)14-12-13-30(38)39;1-29-16-10-19(32-4)25(20(11-16)33-5)28(26-21(34-6)12-17(30-2)13-22(26)35-7)27-23(36-8)14-18(31-3)15-24(27)37-9;1-3-2/h17-22H,14-16H2,1-13H3;15-20H,12-14H2,1-11H3;10-15H,1-9H3;/q+1;;+1;-1/p+1. The molecule has 0 spiro atoms. The first-order chi connectivity index (χ1) is 64.6. The van der Waals surface area contributed by atoms with E-state index in [0.717, 1.165) is 39.2 Å². The number of nitrogens with zero attached hydrogens (tertiary/aromatic N) is 7. The van der Waals surface area contributed by atoms with Crippen LogP contribution in [0.15, 0.2) is 161 Å². The number of carbonyl (C=O) groups excluding carboxylic acids is 3. The van der Waals surface area contributed by atoms with Crippen molar-refractivity contribution in [1.82, 2.24) is 5.06 Å². The van der Waals surface area contributed by atoms with Crippen molar-refractivity contribution in [1.29, 1.82) is 0 Å². The van der Waals surface area contributed by atoms with E-state index in [4.69, 9.17) is 109 Å². The first-order valence-electron chi connectivity index (χ1n) is 41.8. The Labute approximate surface area is 823 Å². The monoisotopic (exact) mass is 2210 g/mol. The van der Waals surface area contributed by atoms with Gasteiger partial charge < -0.3 is 124 Å². The zero-order valence-corrected chi connectivity index (χ0v) is 90.0. The van der Waals surface area contributed by atoms with Crippen molar-refractivity contribution in [2.45, 2.75) is 32.6 Å². The number of anilines is 4. The van der Waals surface area contributed by atoms with Crippen molar-refractivity contribution in [2.24, 2.45) is 0 Å². The molecule has 6 aromatic carbocycles. The van der Waals surface area contributed by atoms with Crippen LogP contribution < -0.4 is 99.2 Å². The number of hydrogen-bond acceptors (Lipinski definition) is 28. The van der Waals surface area contributed by atoms with Crippen LogP contribution in [0.25, 0.3) is 16.7 Å². The number of carbonyl (C=O) groups is 3. The third-order valence-electron chi connectivity index (χ3n) is 21.7. The summed E-state index contributed by atoms with van der Waals surface area (Å²) >= 11 is 5.30. The van der Waals surface area contributed by atoms with E-state index in [1.165, 1.54) is 14.0 Å². The van der Waals surface area contributed by atoms with Crippen LogP contribution in [-0.4, -0.2) is 294 Å². The SMILES string of the molecule is COC1=CC(=[N+](C)C)C=C(OC)C1=C(c1c(OC)cc(N(C)C)cc1OC)c1c(OC)cc(N(C)CCCC(=O)O)cc1OC.COC1=CC(=[N+](C)C)C=C(OC)C1=C(c1c(OC)cc(N(C)C)cc1OC)c1c(OC)cc(N(C)CCCC(=O)ON(C)C(C)=O)cc1OC.COC1=CC(=[O+]C)C(=C(c2c(OC)cc(OC)cc2OC)c2c(OC)cc(OC)cc2OC)C(OC)=C1.I[I-]I. The summed E-state index contributed by atoms with van der Waals surface area (Å²) in [5.74, 6) is 9.18. The molecule has 33 nitrogen and oxygen atoms in total. The number of hydrogen-bond donors (Lipinski definition) is 1. The van der Waals surface area contributed by atoms with Gasteiger partial charge in [-0.25, -0.2) is 13.9 Å². The minimum absolute atomic E-state index is 0.0691. The summed E-state index contributed by atoms with van der Waals surface area (Å²) in [5, 5.41) is 10.1. The number of aliphatic carboxylic acids is 1. The topological polar surface area (TPSA) is 299 Å². The molecule has 3 aliphatic rings. The van der Waals surface area contributed by atoms with E-state index in [-0.39, 0.29) is 18.7 Å². The van der Waals surface area contributed by atoms with Crippen molar-refractivity contribution in [3.05, 3.63) is 194 Å². The molecule has 0 fully saturated rings. The van der Waals surface area contributed by atoms with Gasteiger partial charge in [-0.05, 0) is 12.8 Å². The predicted molar refractivity (Wildman–Crippen MR) is 538 cm³/mol. The fraction of sp³-hybridized carbons (Fsp3) is 0.394. The van der Waals surface area contributed by atoms with Gasteiger partial charge in [0.1, 0.15) is 149 Å². The molecule has 36 heteroatoms. The predicted octanol–water partition coefficient (Wildman–Crippen LogP) is 12.3. The molecule has 0 bridgehead atoms. The Balaban J connectivity index is 0.000000309. The summed E-state index contributed by atoms with van der Waals surface area (Å²) in [7, 11) is 54.2. The van der Waals surface area contributed by atoms with Gasteiger partial charge in [-0.2, -0.15) is 5.06 Å². The van der Waals surface area contributed by atoms with Crippen molar-refractivity contribution in [3.8, 4) is 80.5 Å². The molecule has 0 heterocycles. The number of ketones is 1. The average molecular weight is 2210 g/mol. The molecule has 0 aliphatic heterocycles. The average Bonchev–Trinajstić information content (AvgIpc) is 0.748. The minimum atomic E-state index is -0.834. The van der Waals surface area contributed by atoms with Crippen molar-refractivity contribution >= 4 is 112 Å². The molecule has 0 aromatic heterocycles. The number of amides is 1. The Hall–Kier alpha value is -12.2. The number of rotatable bonds is 38. The Morgan fingerprint density at radius 2 is 0.600 bits per heavy atom. The molecule has 1 amide bonds. The summed E-state index contributed by atoms with van der Waals surface area (Å²) in [6, 6.07) is 22.4. The number of hydroxylamine groups is 2. The van der Waals surface area contributed by atoms with Crippen LogP contribution in [0, 0.1) is 0 Å². The molecule has 3 aliphatic carbocycles. The third-order valence-corrected chi connectivity index (χ3v) is 21.7. The maximum absolute atomic E-state index is 12.3. The summed E-state index contributed by atoms with van der Waals surface area (Å²) < 4.78 is 128. The van der Waals surface area contributed by atoms with Gasteiger partial charge in [0.2, 0.25) is 11.4 Å². The van der Waals surface area contributed by atoms with Crippen molar-refractivity contribution in [3.63, 3.8) is 0 Å². The number of allylic oxidation sites excluding steroid dienone is 7. The van der Waals surface area contributed by atoms with Gasteiger partial charge in [0.25, 0.3) is 13.0 Å². The molecule has 736 valence electrons. The molecular formula is C99H130I3N7O26+2. The van der Waals surface area contributed by atoms with Gasteiger partial charge in [0, 0.05) is 201 Å². The Kier molecular flexibility index (Phi) is 44.4. The zero-order valence-electron chi connectivity index (χ0n) is 83.6. The number of carboxylic acids is 1. The maximum atomic E-state index is 12.3. The second-order valence-corrected chi connectivity index (χ2v) is 46.5. The van der Waals surface area contributed by atoms with Gasteiger partial charge in [-0.15, -0.1) is 0 Å². The van der Waals surface area contributed by atoms with Crippen molar-refractivity contribution in [2.75, 3.05) is 260 Å². The van der Waals surface area contributed by atoms with Crippen LogP contribution in [0.1, 0.15) is 66.0 Å². The van der Waals surface area contributed by atoms with E-state index in [1.807, 2.05) is 172 Å². The molecular weight excluding hydrogens is 2080 g/mol. The van der Waals surface area contributed by atoms with Crippen LogP contribution in [0.5, 0.6) is 80.5 Å². The summed E-state index contributed by atoms with van der Waals surface area (Å²) in [6.45, 7) is 2.35. The number of benzene rings is 6. The number of methoxy groups -OCH3 is 20. The molecule has 135 heavy (non-hydrogen) atoms. The Bertz CT molecular complexity index is 5350. The summed E-state index contributed by atoms with van der Waals surface area (Å²) in [4.78, 5) is 47.8. The molecule has 6 aromatic rings. The van der Waals surface area contributed by atoms with E-state index >= 15 is 0 Å². The summed E-state index contributed by atoms with van der Waals surface area (Å²) in [6.07, 6.45) is 12.4. The normalized spacial score (nSPS) is 12.7. The molecule has 0 saturated carbocycles. The van der Waals surface area contributed by atoms with Gasteiger partial charge >= 0.3 is 68.2 Å². The van der Waals surface area contributed by atoms with E-state index < -0.39 is 11.9 Å². The van der Waals surface area contributed by atoms with E-state index in [2.05, 4.69) is 37.2 Å². The first kappa shape index (κ1) is 112. The second kappa shape index (κ2) is 53.8. The van der Waals surface area contributed by atoms with Crippen LogP contribution in [0.3, 0.4) is 0 Å². The second-order valence-electron chi connectivity index (χ2n) is 30.3. The molecule has 0 saturated heterocycles. The van der Waals surface area contributed by atoms with Crippen LogP contribution in [0.4, 0.5) is 22.7 Å². The molecule has 0 radical (unpaired) electrons. The number of halogens is 3. The summed E-state index contributed by atoms with van der Waals surface area (Å²) in [5.41, 5.74) is 12.5. The van der Waals surface area contributed by atoms with Crippen LogP contribution in [-0.2, 0) is 52.1 Å². The van der Waals surface area contributed by atoms with Gasteiger partial charge in [0.05, 0.1) is 217 Å². The van der Waals surface area contributed by atoms with Gasteiger partial charge in [-0.3, -0.25) is 14.0 Å². The zero-order chi connectivity index (χ0) is 101. The van der Waals surface area contributed by atoms with E-state index in [9.17, 15) is 14.4 Å². The number of carboxylic acid groups (broad SMARTS) is 1. The van der Waals surface area contributed by atoms with Crippen LogP contribution in [0.2, 0.25) is 0 Å². The number of ether oxygens (including phenoxy) is 20. The molecule has 0 atom stereocenters. The van der Waals surface area contributed by atoms with Gasteiger partial charge in [0.15, 0.2) is 0 Å². The van der Waals surface area contributed by atoms with Gasteiger partial charge in [-0.1, -0.05) is 0 Å². The van der Waals surface area contributed by atoms with Crippen molar-refractivity contribution < 1.29 is 146 Å². The van der Waals surface area contributed by atoms with E-state index in [0.29, 0.717) is 227 Å². The molecule has 9 rings (SSSR count). The fourth-order valence-electron chi connectivity index (χ4n) is 14.7. The quantitative estimate of drug-likeness (QED) is 0.0124. The van der Waals surface area contributed by atoms with Crippen LogP contribution >= 0.6 is 37.2 Å². The molecule has 1 N–H and O–H groups in total. The third kappa shape index (κ3) is 27.1. The molecule has 0 unspecified atom stereocenters.